The fraction of sp³-hybridized carbons (Fsp3) is 0.875. The smallest absolute Gasteiger partial charge is 0.249 e. The second kappa shape index (κ2) is 6.77. The highest BCUT2D eigenvalue weighted by atomic mass is 16.5. The number of ether oxygens (including phenoxy) is 1. The summed E-state index contributed by atoms with van der Waals surface area (Å²) < 4.78 is 5.85. The Bertz CT molecular complexity index is 387. The molecule has 2 aliphatic rings. The van der Waals surface area contributed by atoms with E-state index in [1.165, 1.54) is 12.8 Å². The molecule has 1 heterocycles. The lowest BCUT2D eigenvalue weighted by Crippen LogP contribution is -2.69. The zero-order chi connectivity index (χ0) is 15.5. The van der Waals surface area contributed by atoms with Crippen LogP contribution < -0.4 is 5.32 Å². The summed E-state index contributed by atoms with van der Waals surface area (Å²) in [5.41, 5.74) is -0.725. The van der Waals surface area contributed by atoms with Crippen molar-refractivity contribution in [2.45, 2.75) is 77.0 Å². The van der Waals surface area contributed by atoms with E-state index in [2.05, 4.69) is 5.32 Å². The third-order valence-corrected chi connectivity index (χ3v) is 5.07. The Morgan fingerprint density at radius 1 is 1.24 bits per heavy atom. The molecule has 5 nitrogen and oxygen atoms in total. The topological polar surface area (TPSA) is 58.6 Å². The highest BCUT2D eigenvalue weighted by Crippen LogP contribution is 2.25. The number of amides is 2. The minimum atomic E-state index is -0.725. The summed E-state index contributed by atoms with van der Waals surface area (Å²) in [5.74, 6) is -0.0196. The van der Waals surface area contributed by atoms with Gasteiger partial charge in [0.1, 0.15) is 11.6 Å². The molecule has 1 saturated carbocycles. The van der Waals surface area contributed by atoms with Crippen molar-refractivity contribution >= 4 is 11.8 Å². The van der Waals surface area contributed by atoms with Crippen LogP contribution in [0.3, 0.4) is 0 Å². The SMILES string of the molecule is CCC1(CC)NC(=O)C(C)N(CCOC2CCCC2)C1=O. The van der Waals surface area contributed by atoms with Crippen molar-refractivity contribution in [3.05, 3.63) is 0 Å². The fourth-order valence-corrected chi connectivity index (χ4v) is 3.38. The van der Waals surface area contributed by atoms with E-state index in [0.29, 0.717) is 32.1 Å². The van der Waals surface area contributed by atoms with Gasteiger partial charge in [0, 0.05) is 6.54 Å². The van der Waals surface area contributed by atoms with Crippen molar-refractivity contribution in [3.8, 4) is 0 Å². The zero-order valence-electron chi connectivity index (χ0n) is 13.5. The highest BCUT2D eigenvalue weighted by molar-refractivity contribution is 5.99. The van der Waals surface area contributed by atoms with E-state index in [1.54, 1.807) is 11.8 Å². The van der Waals surface area contributed by atoms with Crippen LogP contribution in [0.25, 0.3) is 0 Å². The van der Waals surface area contributed by atoms with Gasteiger partial charge in [-0.15, -0.1) is 0 Å². The molecule has 120 valence electrons. The molecule has 1 unspecified atom stereocenters. The highest BCUT2D eigenvalue weighted by Gasteiger charge is 2.47. The van der Waals surface area contributed by atoms with E-state index in [0.717, 1.165) is 12.8 Å². The molecule has 1 saturated heterocycles. The van der Waals surface area contributed by atoms with Gasteiger partial charge in [0.25, 0.3) is 0 Å². The van der Waals surface area contributed by atoms with Gasteiger partial charge in [-0.05, 0) is 32.6 Å². The Labute approximate surface area is 127 Å². The average molecular weight is 296 g/mol. The van der Waals surface area contributed by atoms with Gasteiger partial charge in [-0.25, -0.2) is 0 Å². The number of carbonyl (C=O) groups is 2. The van der Waals surface area contributed by atoms with E-state index >= 15 is 0 Å². The van der Waals surface area contributed by atoms with Crippen LogP contribution in [0.15, 0.2) is 0 Å². The fourth-order valence-electron chi connectivity index (χ4n) is 3.38. The van der Waals surface area contributed by atoms with Crippen LogP contribution in [0.2, 0.25) is 0 Å². The number of nitrogens with zero attached hydrogens (tertiary/aromatic N) is 1. The molecule has 2 rings (SSSR count). The number of rotatable bonds is 6. The summed E-state index contributed by atoms with van der Waals surface area (Å²) in [7, 11) is 0. The van der Waals surface area contributed by atoms with Crippen LogP contribution in [-0.4, -0.2) is 47.6 Å². The number of hydrogen-bond acceptors (Lipinski definition) is 3. The maximum absolute atomic E-state index is 12.7. The summed E-state index contributed by atoms with van der Waals surface area (Å²) in [6, 6.07) is -0.407. The van der Waals surface area contributed by atoms with Crippen molar-refractivity contribution in [3.63, 3.8) is 0 Å². The van der Waals surface area contributed by atoms with Gasteiger partial charge in [0.05, 0.1) is 12.7 Å². The molecule has 1 aliphatic carbocycles. The Balaban J connectivity index is 1.97. The molecular weight excluding hydrogens is 268 g/mol. The standard InChI is InChI=1S/C16H28N2O3/c1-4-16(5-2)15(20)18(12(3)14(19)17-16)10-11-21-13-8-6-7-9-13/h12-13H,4-11H2,1-3H3,(H,17,19). The van der Waals surface area contributed by atoms with Crippen LogP contribution >= 0.6 is 0 Å². The van der Waals surface area contributed by atoms with E-state index in [9.17, 15) is 9.59 Å². The first-order chi connectivity index (χ1) is 10.0. The van der Waals surface area contributed by atoms with Gasteiger partial charge < -0.3 is 15.0 Å². The minimum absolute atomic E-state index is 0.0367. The molecule has 21 heavy (non-hydrogen) atoms. The van der Waals surface area contributed by atoms with Crippen molar-refractivity contribution in [1.82, 2.24) is 10.2 Å². The number of hydrogen-bond donors (Lipinski definition) is 1. The lowest BCUT2D eigenvalue weighted by molar-refractivity contribution is -0.155. The van der Waals surface area contributed by atoms with Crippen molar-refractivity contribution in [1.29, 1.82) is 0 Å². The summed E-state index contributed by atoms with van der Waals surface area (Å²) in [6.45, 7) is 6.72. The Morgan fingerprint density at radius 3 is 2.43 bits per heavy atom. The van der Waals surface area contributed by atoms with Gasteiger partial charge in [-0.2, -0.15) is 0 Å². The van der Waals surface area contributed by atoms with Crippen molar-refractivity contribution in [2.24, 2.45) is 0 Å². The predicted octanol–water partition coefficient (Wildman–Crippen LogP) is 1.85. The molecule has 1 aliphatic heterocycles. The molecule has 0 aromatic rings. The van der Waals surface area contributed by atoms with Crippen LogP contribution in [0.5, 0.6) is 0 Å². The maximum atomic E-state index is 12.7. The van der Waals surface area contributed by atoms with E-state index in [4.69, 9.17) is 4.74 Å². The number of nitrogens with one attached hydrogen (secondary N) is 1. The Kier molecular flexibility index (Phi) is 5.25. The first-order valence-corrected chi connectivity index (χ1v) is 8.28. The zero-order valence-corrected chi connectivity index (χ0v) is 13.5. The molecule has 5 heteroatoms. The summed E-state index contributed by atoms with van der Waals surface area (Å²) in [6.07, 6.45) is 6.31. The van der Waals surface area contributed by atoms with E-state index in [-0.39, 0.29) is 11.8 Å². The first-order valence-electron chi connectivity index (χ1n) is 8.28. The molecule has 0 aromatic heterocycles. The molecule has 0 radical (unpaired) electrons. The van der Waals surface area contributed by atoms with Crippen molar-refractivity contribution < 1.29 is 14.3 Å². The van der Waals surface area contributed by atoms with Gasteiger partial charge in [-0.1, -0.05) is 26.7 Å². The predicted molar refractivity (Wildman–Crippen MR) is 80.8 cm³/mol. The quantitative estimate of drug-likeness (QED) is 0.814. The van der Waals surface area contributed by atoms with Crippen molar-refractivity contribution in [2.75, 3.05) is 13.2 Å². The molecule has 2 amide bonds. The third-order valence-electron chi connectivity index (χ3n) is 5.07. The lowest BCUT2D eigenvalue weighted by Gasteiger charge is -2.44. The second-order valence-electron chi connectivity index (χ2n) is 6.23. The number of piperazine rings is 1. The van der Waals surface area contributed by atoms with Crippen LogP contribution in [0.1, 0.15) is 59.3 Å². The van der Waals surface area contributed by atoms with Crippen LogP contribution in [0, 0.1) is 0 Å². The largest absolute Gasteiger partial charge is 0.376 e. The first kappa shape index (κ1) is 16.3. The monoisotopic (exact) mass is 296 g/mol. The maximum Gasteiger partial charge on any atom is 0.249 e. The average Bonchev–Trinajstić information content (AvgIpc) is 3.00. The van der Waals surface area contributed by atoms with Crippen LogP contribution in [-0.2, 0) is 14.3 Å². The summed E-state index contributed by atoms with van der Waals surface area (Å²) in [5, 5.41) is 2.92. The minimum Gasteiger partial charge on any atom is -0.376 e. The van der Waals surface area contributed by atoms with E-state index in [1.807, 2.05) is 13.8 Å². The molecular formula is C16H28N2O3. The normalized spacial score (nSPS) is 26.2. The van der Waals surface area contributed by atoms with Gasteiger partial charge in [0.2, 0.25) is 11.8 Å². The lowest BCUT2D eigenvalue weighted by atomic mass is 9.87. The molecule has 0 spiro atoms. The summed E-state index contributed by atoms with van der Waals surface area (Å²) in [4.78, 5) is 26.6. The van der Waals surface area contributed by atoms with E-state index < -0.39 is 11.6 Å². The summed E-state index contributed by atoms with van der Waals surface area (Å²) >= 11 is 0. The molecule has 0 bridgehead atoms. The van der Waals surface area contributed by atoms with Gasteiger partial charge >= 0.3 is 0 Å². The van der Waals surface area contributed by atoms with Gasteiger partial charge in [-0.3, -0.25) is 9.59 Å². The Morgan fingerprint density at radius 2 is 1.86 bits per heavy atom. The van der Waals surface area contributed by atoms with Crippen LogP contribution in [0.4, 0.5) is 0 Å². The molecule has 1 atom stereocenters. The van der Waals surface area contributed by atoms with Gasteiger partial charge in [0.15, 0.2) is 0 Å². The molecule has 2 fully saturated rings. The third kappa shape index (κ3) is 3.23. The molecule has 0 aromatic carbocycles. The molecule has 1 N–H and O–H groups in total. The second-order valence-corrected chi connectivity index (χ2v) is 6.23. The Hall–Kier alpha value is -1.10. The number of carbonyl (C=O) groups excluding carboxylic acids is 2.